The number of likely N-dealkylation sites (tertiary alicyclic amines) is 1. The number of hydrogen-bond acceptors (Lipinski definition) is 3. The first-order chi connectivity index (χ1) is 10.0. The molecule has 126 valence electrons. The number of carboxylic acid groups (broad SMARTS) is 1. The van der Waals surface area contributed by atoms with Gasteiger partial charge in [-0.3, -0.25) is 0 Å². The van der Waals surface area contributed by atoms with E-state index in [1.54, 1.807) is 0 Å². The van der Waals surface area contributed by atoms with Gasteiger partial charge in [-0.25, -0.2) is 9.59 Å². The molecule has 1 amide bonds. The van der Waals surface area contributed by atoms with E-state index in [1.807, 2.05) is 26.8 Å². The largest absolute Gasteiger partial charge is 0.465 e. The van der Waals surface area contributed by atoms with Crippen molar-refractivity contribution in [3.05, 3.63) is 12.2 Å². The average Bonchev–Trinajstić information content (AvgIpc) is 2.36. The van der Waals surface area contributed by atoms with Crippen molar-refractivity contribution in [2.45, 2.75) is 59.5 Å². The summed E-state index contributed by atoms with van der Waals surface area (Å²) < 4.78 is 5.24. The number of rotatable bonds is 4. The van der Waals surface area contributed by atoms with Crippen molar-refractivity contribution in [2.75, 3.05) is 13.1 Å². The molecular weight excluding hydrogens is 282 g/mol. The van der Waals surface area contributed by atoms with Gasteiger partial charge in [-0.15, -0.1) is 0 Å². The Hall–Kier alpha value is -1.52. The number of nitrogens with zero attached hydrogens (tertiary/aromatic N) is 1. The van der Waals surface area contributed by atoms with Crippen molar-refractivity contribution in [1.29, 1.82) is 0 Å². The van der Waals surface area contributed by atoms with Crippen LogP contribution in [0.5, 0.6) is 0 Å². The van der Waals surface area contributed by atoms with Crippen LogP contribution in [0.1, 0.15) is 53.9 Å². The minimum atomic E-state index is -0.832. The Labute approximate surface area is 133 Å². The highest BCUT2D eigenvalue weighted by molar-refractivity contribution is 5.82. The molecule has 1 aliphatic rings. The van der Waals surface area contributed by atoms with Gasteiger partial charge in [0.1, 0.15) is 5.60 Å². The topological polar surface area (TPSA) is 66.8 Å². The van der Waals surface area contributed by atoms with E-state index in [0.717, 1.165) is 19.3 Å². The zero-order valence-corrected chi connectivity index (χ0v) is 14.4. The standard InChI is InChI=1S/C17H29NO4/c1-16(2,3)22-14(19)7-6-10-17(4,5)13-8-11-18(12-9-13)15(20)21/h6-7,13H,8-12H2,1-5H3,(H,20,21)/b7-6+. The molecule has 1 heterocycles. The quantitative estimate of drug-likeness (QED) is 0.635. The van der Waals surface area contributed by atoms with E-state index in [9.17, 15) is 9.59 Å². The van der Waals surface area contributed by atoms with E-state index in [1.165, 1.54) is 11.0 Å². The summed E-state index contributed by atoms with van der Waals surface area (Å²) in [5, 5.41) is 8.99. The molecule has 0 radical (unpaired) electrons. The lowest BCUT2D eigenvalue weighted by Crippen LogP contribution is -2.41. The first-order valence-electron chi connectivity index (χ1n) is 7.89. The molecule has 0 spiro atoms. The van der Waals surface area contributed by atoms with Crippen LogP contribution in [0.3, 0.4) is 0 Å². The molecule has 0 saturated carbocycles. The van der Waals surface area contributed by atoms with Crippen molar-refractivity contribution in [3.63, 3.8) is 0 Å². The van der Waals surface area contributed by atoms with Crippen LogP contribution in [0.15, 0.2) is 12.2 Å². The molecule has 0 unspecified atom stereocenters. The summed E-state index contributed by atoms with van der Waals surface area (Å²) in [5.41, 5.74) is -0.427. The molecule has 5 nitrogen and oxygen atoms in total. The summed E-state index contributed by atoms with van der Waals surface area (Å²) in [6.07, 6.45) is 5.07. The highest BCUT2D eigenvalue weighted by Gasteiger charge is 2.32. The number of carbonyl (C=O) groups is 2. The van der Waals surface area contributed by atoms with Crippen LogP contribution in [-0.4, -0.2) is 40.8 Å². The predicted octanol–water partition coefficient (Wildman–Crippen LogP) is 3.69. The van der Waals surface area contributed by atoms with Crippen molar-refractivity contribution in [1.82, 2.24) is 4.90 Å². The van der Waals surface area contributed by atoms with Gasteiger partial charge in [0.2, 0.25) is 0 Å². The number of piperidine rings is 1. The van der Waals surface area contributed by atoms with E-state index in [2.05, 4.69) is 13.8 Å². The Bertz CT molecular complexity index is 426. The highest BCUT2D eigenvalue weighted by Crippen LogP contribution is 2.38. The minimum absolute atomic E-state index is 0.0447. The third-order valence-corrected chi connectivity index (χ3v) is 4.18. The first-order valence-corrected chi connectivity index (χ1v) is 7.89. The molecular formula is C17H29NO4. The van der Waals surface area contributed by atoms with E-state index in [4.69, 9.17) is 9.84 Å². The van der Waals surface area contributed by atoms with Gasteiger partial charge in [-0.2, -0.15) is 0 Å². The fourth-order valence-corrected chi connectivity index (χ4v) is 2.81. The lowest BCUT2D eigenvalue weighted by Gasteiger charge is -2.39. The van der Waals surface area contributed by atoms with Crippen LogP contribution in [0.25, 0.3) is 0 Å². The van der Waals surface area contributed by atoms with Gasteiger partial charge < -0.3 is 14.7 Å². The fourth-order valence-electron chi connectivity index (χ4n) is 2.81. The van der Waals surface area contributed by atoms with Gasteiger partial charge in [0.25, 0.3) is 0 Å². The Balaban J connectivity index is 2.47. The third kappa shape index (κ3) is 6.08. The third-order valence-electron chi connectivity index (χ3n) is 4.18. The fraction of sp³-hybridized carbons (Fsp3) is 0.765. The van der Waals surface area contributed by atoms with Crippen molar-refractivity contribution < 1.29 is 19.4 Å². The molecule has 0 aliphatic carbocycles. The number of esters is 1. The van der Waals surface area contributed by atoms with Crippen LogP contribution < -0.4 is 0 Å². The molecule has 22 heavy (non-hydrogen) atoms. The smallest absolute Gasteiger partial charge is 0.407 e. The second-order valence-electron chi connectivity index (χ2n) is 7.67. The van der Waals surface area contributed by atoms with Crippen LogP contribution >= 0.6 is 0 Å². The van der Waals surface area contributed by atoms with Gasteiger partial charge in [-0.05, 0) is 51.4 Å². The zero-order valence-electron chi connectivity index (χ0n) is 14.4. The molecule has 0 atom stereocenters. The number of hydrogen-bond donors (Lipinski definition) is 1. The Morgan fingerprint density at radius 3 is 2.18 bits per heavy atom. The predicted molar refractivity (Wildman–Crippen MR) is 85.7 cm³/mol. The normalized spacial score (nSPS) is 17.8. The monoisotopic (exact) mass is 311 g/mol. The second kappa shape index (κ2) is 7.16. The van der Waals surface area contributed by atoms with E-state index in [0.29, 0.717) is 19.0 Å². The number of allylic oxidation sites excluding steroid dienone is 1. The maximum atomic E-state index is 11.7. The zero-order chi connectivity index (χ0) is 17.0. The Kier molecular flexibility index (Phi) is 6.03. The lowest BCUT2D eigenvalue weighted by atomic mass is 9.71. The van der Waals surface area contributed by atoms with Crippen LogP contribution in [-0.2, 0) is 9.53 Å². The summed E-state index contributed by atoms with van der Waals surface area (Å²) >= 11 is 0. The number of ether oxygens (including phenoxy) is 1. The Morgan fingerprint density at radius 2 is 1.73 bits per heavy atom. The summed E-state index contributed by atoms with van der Waals surface area (Å²) in [7, 11) is 0. The van der Waals surface area contributed by atoms with Gasteiger partial charge in [0, 0.05) is 19.2 Å². The minimum Gasteiger partial charge on any atom is -0.465 e. The molecule has 1 rings (SSSR count). The van der Waals surface area contributed by atoms with Crippen molar-refractivity contribution in [3.8, 4) is 0 Å². The van der Waals surface area contributed by atoms with Crippen LogP contribution in [0.4, 0.5) is 4.79 Å². The summed E-state index contributed by atoms with van der Waals surface area (Å²) in [4.78, 5) is 24.1. The summed E-state index contributed by atoms with van der Waals surface area (Å²) in [6, 6.07) is 0. The molecule has 1 saturated heterocycles. The molecule has 1 fully saturated rings. The number of amides is 1. The summed E-state index contributed by atoms with van der Waals surface area (Å²) in [5.74, 6) is 0.149. The molecule has 0 aromatic carbocycles. The SMILES string of the molecule is CC(C)(C)OC(=O)/C=C/CC(C)(C)C1CCN(C(=O)O)CC1. The van der Waals surface area contributed by atoms with Gasteiger partial charge >= 0.3 is 12.1 Å². The first kappa shape index (κ1) is 18.5. The average molecular weight is 311 g/mol. The number of carbonyl (C=O) groups excluding carboxylic acids is 1. The maximum absolute atomic E-state index is 11.7. The molecule has 1 aliphatic heterocycles. The summed E-state index contributed by atoms with van der Waals surface area (Å²) in [6.45, 7) is 11.1. The van der Waals surface area contributed by atoms with E-state index >= 15 is 0 Å². The van der Waals surface area contributed by atoms with E-state index in [-0.39, 0.29) is 11.4 Å². The molecule has 5 heteroatoms. The van der Waals surface area contributed by atoms with Crippen LogP contribution in [0, 0.1) is 11.3 Å². The maximum Gasteiger partial charge on any atom is 0.407 e. The highest BCUT2D eigenvalue weighted by atomic mass is 16.6. The van der Waals surface area contributed by atoms with E-state index < -0.39 is 11.7 Å². The van der Waals surface area contributed by atoms with Gasteiger partial charge in [0.15, 0.2) is 0 Å². The molecule has 0 aromatic rings. The van der Waals surface area contributed by atoms with Crippen molar-refractivity contribution >= 4 is 12.1 Å². The molecule has 1 N–H and O–H groups in total. The second-order valence-corrected chi connectivity index (χ2v) is 7.67. The van der Waals surface area contributed by atoms with Crippen molar-refractivity contribution in [2.24, 2.45) is 11.3 Å². The van der Waals surface area contributed by atoms with Gasteiger partial charge in [-0.1, -0.05) is 19.9 Å². The van der Waals surface area contributed by atoms with Gasteiger partial charge in [0.05, 0.1) is 0 Å². The Morgan fingerprint density at radius 1 is 1.18 bits per heavy atom. The molecule has 0 bridgehead atoms. The lowest BCUT2D eigenvalue weighted by molar-refractivity contribution is -0.148. The van der Waals surface area contributed by atoms with Crippen LogP contribution in [0.2, 0.25) is 0 Å². The molecule has 0 aromatic heterocycles.